The number of nitrogens with zero attached hydrogens (tertiary/aromatic N) is 1. The number of carboxylic acid groups (broad SMARTS) is 1. The van der Waals surface area contributed by atoms with Crippen molar-refractivity contribution in [2.75, 3.05) is 25.1 Å². The number of anilines is 1. The third kappa shape index (κ3) is 3.12. The molecular formula is C16H18N2O4. The Balaban J connectivity index is 1.79. The summed E-state index contributed by atoms with van der Waals surface area (Å²) in [5, 5.41) is 16.5. The molecule has 0 saturated carbocycles. The summed E-state index contributed by atoms with van der Waals surface area (Å²) in [6, 6.07) is 9.13. The third-order valence-electron chi connectivity index (χ3n) is 3.84. The minimum atomic E-state index is -1.05. The van der Waals surface area contributed by atoms with Crippen molar-refractivity contribution < 1.29 is 19.2 Å². The summed E-state index contributed by atoms with van der Waals surface area (Å²) < 4.78 is 10.6. The van der Waals surface area contributed by atoms with E-state index in [4.69, 9.17) is 9.26 Å². The number of aromatic nitrogens is 1. The van der Waals surface area contributed by atoms with E-state index >= 15 is 0 Å². The molecule has 0 radical (unpaired) electrons. The summed E-state index contributed by atoms with van der Waals surface area (Å²) in [6.07, 6.45) is 1.94. The molecule has 1 saturated heterocycles. The molecule has 0 aliphatic carbocycles. The zero-order valence-corrected chi connectivity index (χ0v) is 12.1. The van der Waals surface area contributed by atoms with E-state index < -0.39 is 5.97 Å². The molecule has 0 atom stereocenters. The number of nitrogens with one attached hydrogen (secondary N) is 1. The monoisotopic (exact) mass is 302 g/mol. The van der Waals surface area contributed by atoms with Crippen LogP contribution in [0, 0.1) is 5.92 Å². The first-order valence-corrected chi connectivity index (χ1v) is 7.35. The predicted molar refractivity (Wildman–Crippen MR) is 80.9 cm³/mol. The zero-order chi connectivity index (χ0) is 15.4. The fraction of sp³-hybridized carbons (Fsp3) is 0.375. The van der Waals surface area contributed by atoms with Gasteiger partial charge in [-0.05, 0) is 18.8 Å². The van der Waals surface area contributed by atoms with Crippen molar-refractivity contribution in [1.29, 1.82) is 0 Å². The van der Waals surface area contributed by atoms with Gasteiger partial charge in [0.15, 0.2) is 17.1 Å². The number of carbonyl (C=O) groups is 1. The highest BCUT2D eigenvalue weighted by Crippen LogP contribution is 2.29. The van der Waals surface area contributed by atoms with Crippen LogP contribution in [0.5, 0.6) is 0 Å². The summed E-state index contributed by atoms with van der Waals surface area (Å²) >= 11 is 0. The molecule has 22 heavy (non-hydrogen) atoms. The van der Waals surface area contributed by atoms with Gasteiger partial charge in [-0.25, -0.2) is 4.79 Å². The molecule has 1 aliphatic rings. The van der Waals surface area contributed by atoms with Crippen LogP contribution in [0.15, 0.2) is 34.9 Å². The van der Waals surface area contributed by atoms with Crippen LogP contribution >= 0.6 is 0 Å². The van der Waals surface area contributed by atoms with Crippen LogP contribution < -0.4 is 5.32 Å². The molecule has 2 aromatic rings. The first kappa shape index (κ1) is 14.6. The molecule has 0 bridgehead atoms. The lowest BCUT2D eigenvalue weighted by Gasteiger charge is -2.22. The Morgan fingerprint density at radius 1 is 1.27 bits per heavy atom. The van der Waals surface area contributed by atoms with Gasteiger partial charge >= 0.3 is 5.97 Å². The van der Waals surface area contributed by atoms with Gasteiger partial charge in [0.05, 0.1) is 0 Å². The van der Waals surface area contributed by atoms with E-state index in [-0.39, 0.29) is 17.1 Å². The van der Waals surface area contributed by atoms with Gasteiger partial charge in [-0.3, -0.25) is 0 Å². The Bertz CT molecular complexity index is 633. The average Bonchev–Trinajstić information content (AvgIpc) is 2.99. The summed E-state index contributed by atoms with van der Waals surface area (Å²) in [5.41, 5.74) is 0.782. The van der Waals surface area contributed by atoms with E-state index in [0.717, 1.165) is 26.1 Å². The second-order valence-electron chi connectivity index (χ2n) is 5.34. The largest absolute Gasteiger partial charge is 0.477 e. The van der Waals surface area contributed by atoms with E-state index in [1.54, 1.807) is 12.1 Å². The van der Waals surface area contributed by atoms with Crippen molar-refractivity contribution in [3.63, 3.8) is 0 Å². The number of hydrogen-bond acceptors (Lipinski definition) is 5. The first-order valence-electron chi connectivity index (χ1n) is 7.35. The lowest BCUT2D eigenvalue weighted by atomic mass is 10.0. The fourth-order valence-electron chi connectivity index (χ4n) is 2.59. The number of rotatable bonds is 5. The van der Waals surface area contributed by atoms with Gasteiger partial charge in [0.1, 0.15) is 0 Å². The molecule has 1 aromatic heterocycles. The number of aromatic carboxylic acids is 1. The van der Waals surface area contributed by atoms with E-state index in [9.17, 15) is 9.90 Å². The number of carboxylic acids is 1. The molecule has 6 nitrogen and oxygen atoms in total. The summed E-state index contributed by atoms with van der Waals surface area (Å²) in [6.45, 7) is 2.18. The SMILES string of the molecule is O=C(O)c1c(NCC2CCOCC2)noc1-c1ccccc1. The quantitative estimate of drug-likeness (QED) is 0.883. The van der Waals surface area contributed by atoms with E-state index in [1.807, 2.05) is 18.2 Å². The highest BCUT2D eigenvalue weighted by molar-refractivity contribution is 5.99. The van der Waals surface area contributed by atoms with Gasteiger partial charge < -0.3 is 19.7 Å². The Kier molecular flexibility index (Phi) is 4.39. The maximum atomic E-state index is 11.6. The molecule has 1 fully saturated rings. The first-order chi connectivity index (χ1) is 10.8. The highest BCUT2D eigenvalue weighted by Gasteiger charge is 2.24. The molecule has 0 spiro atoms. The van der Waals surface area contributed by atoms with Crippen molar-refractivity contribution in [3.05, 3.63) is 35.9 Å². The molecule has 1 aliphatic heterocycles. The molecule has 0 unspecified atom stereocenters. The van der Waals surface area contributed by atoms with E-state index in [1.165, 1.54) is 0 Å². The molecule has 1 aromatic carbocycles. The number of ether oxygens (including phenoxy) is 1. The van der Waals surface area contributed by atoms with Gasteiger partial charge in [0, 0.05) is 25.3 Å². The van der Waals surface area contributed by atoms with Crippen molar-refractivity contribution in [2.24, 2.45) is 5.92 Å². The Morgan fingerprint density at radius 2 is 2.00 bits per heavy atom. The topological polar surface area (TPSA) is 84.6 Å². The lowest BCUT2D eigenvalue weighted by molar-refractivity contribution is 0.0689. The molecule has 2 N–H and O–H groups in total. The highest BCUT2D eigenvalue weighted by atomic mass is 16.5. The summed E-state index contributed by atoms with van der Waals surface area (Å²) in [4.78, 5) is 11.6. The lowest BCUT2D eigenvalue weighted by Crippen LogP contribution is -2.23. The molecule has 2 heterocycles. The normalized spacial score (nSPS) is 15.6. The van der Waals surface area contributed by atoms with E-state index in [2.05, 4.69) is 10.5 Å². The predicted octanol–water partition coefficient (Wildman–Crippen LogP) is 2.88. The number of hydrogen-bond donors (Lipinski definition) is 2. The Hall–Kier alpha value is -2.34. The Morgan fingerprint density at radius 3 is 2.68 bits per heavy atom. The molecule has 0 amide bonds. The van der Waals surface area contributed by atoms with Crippen LogP contribution in [-0.2, 0) is 4.74 Å². The van der Waals surface area contributed by atoms with Crippen LogP contribution in [0.4, 0.5) is 5.82 Å². The zero-order valence-electron chi connectivity index (χ0n) is 12.1. The van der Waals surface area contributed by atoms with Gasteiger partial charge in [-0.2, -0.15) is 0 Å². The maximum absolute atomic E-state index is 11.6. The molecule has 3 rings (SSSR count). The summed E-state index contributed by atoms with van der Waals surface area (Å²) in [7, 11) is 0. The maximum Gasteiger partial charge on any atom is 0.343 e. The van der Waals surface area contributed by atoms with Crippen molar-refractivity contribution in [2.45, 2.75) is 12.8 Å². The fourth-order valence-corrected chi connectivity index (χ4v) is 2.59. The molecule has 116 valence electrons. The van der Waals surface area contributed by atoms with E-state index in [0.29, 0.717) is 18.0 Å². The van der Waals surface area contributed by atoms with Crippen LogP contribution in [-0.4, -0.2) is 36.0 Å². The summed E-state index contributed by atoms with van der Waals surface area (Å²) in [5.74, 6) is -0.0118. The smallest absolute Gasteiger partial charge is 0.343 e. The van der Waals surface area contributed by atoms with Crippen LogP contribution in [0.3, 0.4) is 0 Å². The van der Waals surface area contributed by atoms with Crippen LogP contribution in [0.25, 0.3) is 11.3 Å². The second-order valence-corrected chi connectivity index (χ2v) is 5.34. The van der Waals surface area contributed by atoms with Crippen LogP contribution in [0.2, 0.25) is 0 Å². The second kappa shape index (κ2) is 6.62. The van der Waals surface area contributed by atoms with Gasteiger partial charge in [0.25, 0.3) is 0 Å². The van der Waals surface area contributed by atoms with Crippen LogP contribution in [0.1, 0.15) is 23.2 Å². The molecular weight excluding hydrogens is 284 g/mol. The third-order valence-corrected chi connectivity index (χ3v) is 3.84. The van der Waals surface area contributed by atoms with Crippen molar-refractivity contribution >= 4 is 11.8 Å². The molecule has 6 heteroatoms. The Labute approximate surface area is 128 Å². The van der Waals surface area contributed by atoms with Gasteiger partial charge in [0.2, 0.25) is 0 Å². The standard InChI is InChI=1S/C16H18N2O4/c19-16(20)13-14(12-4-2-1-3-5-12)22-18-15(13)17-10-11-6-8-21-9-7-11/h1-5,11H,6-10H2,(H,17,18)(H,19,20). The number of benzene rings is 1. The minimum Gasteiger partial charge on any atom is -0.477 e. The van der Waals surface area contributed by atoms with Gasteiger partial charge in [-0.15, -0.1) is 0 Å². The average molecular weight is 302 g/mol. The van der Waals surface area contributed by atoms with Gasteiger partial charge in [-0.1, -0.05) is 35.5 Å². The minimum absolute atomic E-state index is 0.0817. The van der Waals surface area contributed by atoms with Crippen molar-refractivity contribution in [1.82, 2.24) is 5.16 Å². The van der Waals surface area contributed by atoms with Crippen molar-refractivity contribution in [3.8, 4) is 11.3 Å².